The van der Waals surface area contributed by atoms with Gasteiger partial charge in [-0.2, -0.15) is 5.26 Å². The van der Waals surface area contributed by atoms with E-state index in [4.69, 9.17) is 14.7 Å². The molecule has 0 aliphatic carbocycles. The molecule has 1 heterocycles. The molecule has 1 rings (SSSR count). The Morgan fingerprint density at radius 2 is 2.17 bits per heavy atom. The number of halogens is 1. The summed E-state index contributed by atoms with van der Waals surface area (Å²) < 4.78 is 12.5. The predicted molar refractivity (Wildman–Crippen MR) is 70.5 cm³/mol. The van der Waals surface area contributed by atoms with Crippen molar-refractivity contribution >= 4 is 15.9 Å². The summed E-state index contributed by atoms with van der Waals surface area (Å²) in [7, 11) is 1.60. The van der Waals surface area contributed by atoms with E-state index in [1.165, 1.54) is 4.57 Å². The van der Waals surface area contributed by atoms with E-state index in [1.807, 2.05) is 13.0 Å². The maximum absolute atomic E-state index is 11.9. The van der Waals surface area contributed by atoms with Crippen molar-refractivity contribution in [1.29, 1.82) is 5.26 Å². The number of pyridine rings is 1. The summed E-state index contributed by atoms with van der Waals surface area (Å²) >= 11 is 3.33. The van der Waals surface area contributed by atoms with Crippen LogP contribution in [0.4, 0.5) is 0 Å². The molecule has 0 spiro atoms. The van der Waals surface area contributed by atoms with Crippen molar-refractivity contribution in [1.82, 2.24) is 4.57 Å². The number of hydrogen-bond donors (Lipinski definition) is 0. The fraction of sp³-hybridized carbons (Fsp3) is 0.500. The molecule has 0 radical (unpaired) electrons. The third kappa shape index (κ3) is 3.67. The topological polar surface area (TPSA) is 64.2 Å². The van der Waals surface area contributed by atoms with Crippen LogP contribution in [0.1, 0.15) is 11.3 Å². The van der Waals surface area contributed by atoms with Gasteiger partial charge in [-0.15, -0.1) is 0 Å². The van der Waals surface area contributed by atoms with Gasteiger partial charge in [0.2, 0.25) is 0 Å². The molecule has 0 aromatic carbocycles. The fourth-order valence-corrected chi connectivity index (χ4v) is 1.91. The lowest BCUT2D eigenvalue weighted by molar-refractivity contribution is 0.0660. The molecule has 1 aromatic rings. The Balaban J connectivity index is 2.79. The van der Waals surface area contributed by atoms with Crippen LogP contribution in [0.5, 0.6) is 0 Å². The highest BCUT2D eigenvalue weighted by Gasteiger charge is 2.09. The normalized spacial score (nSPS) is 10.3. The molecule has 0 fully saturated rings. The number of methoxy groups -OCH3 is 1. The quantitative estimate of drug-likeness (QED) is 0.746. The Morgan fingerprint density at radius 1 is 1.44 bits per heavy atom. The third-order valence-electron chi connectivity index (χ3n) is 2.51. The molecule has 0 amide bonds. The second kappa shape index (κ2) is 7.31. The van der Waals surface area contributed by atoms with Crippen molar-refractivity contribution in [3.05, 3.63) is 32.2 Å². The van der Waals surface area contributed by atoms with Gasteiger partial charge in [0.05, 0.1) is 19.8 Å². The number of nitriles is 1. The summed E-state index contributed by atoms with van der Waals surface area (Å²) in [5, 5.41) is 8.87. The first kappa shape index (κ1) is 14.9. The molecule has 0 bridgehead atoms. The van der Waals surface area contributed by atoms with Gasteiger partial charge in [0.1, 0.15) is 11.6 Å². The molecule has 18 heavy (non-hydrogen) atoms. The lowest BCUT2D eigenvalue weighted by atomic mass is 10.2. The van der Waals surface area contributed by atoms with Gasteiger partial charge in [-0.3, -0.25) is 4.79 Å². The monoisotopic (exact) mass is 314 g/mol. The Hall–Kier alpha value is -1.16. The highest BCUT2D eigenvalue weighted by Crippen LogP contribution is 2.14. The fourth-order valence-electron chi connectivity index (χ4n) is 1.47. The first-order chi connectivity index (χ1) is 8.61. The van der Waals surface area contributed by atoms with Crippen molar-refractivity contribution < 1.29 is 9.47 Å². The van der Waals surface area contributed by atoms with Gasteiger partial charge in [-0.05, 0) is 28.9 Å². The average molecular weight is 315 g/mol. The summed E-state index contributed by atoms with van der Waals surface area (Å²) in [6.45, 7) is 3.66. The van der Waals surface area contributed by atoms with Gasteiger partial charge >= 0.3 is 0 Å². The van der Waals surface area contributed by atoms with Crippen LogP contribution in [0.15, 0.2) is 15.3 Å². The van der Waals surface area contributed by atoms with Crippen molar-refractivity contribution in [3.8, 4) is 6.07 Å². The van der Waals surface area contributed by atoms with Gasteiger partial charge in [0, 0.05) is 23.8 Å². The predicted octanol–water partition coefficient (Wildman–Crippen LogP) is 1.45. The summed E-state index contributed by atoms with van der Waals surface area (Å²) in [5.74, 6) is 0. The van der Waals surface area contributed by atoms with E-state index in [0.717, 1.165) is 10.2 Å². The minimum absolute atomic E-state index is 0.129. The zero-order valence-corrected chi connectivity index (χ0v) is 12.0. The largest absolute Gasteiger partial charge is 0.382 e. The summed E-state index contributed by atoms with van der Waals surface area (Å²) in [4.78, 5) is 11.9. The van der Waals surface area contributed by atoms with E-state index in [9.17, 15) is 4.79 Å². The SMILES string of the molecule is COCCOCCn1c(C)c(Br)cc(C#N)c1=O. The second-order valence-electron chi connectivity index (χ2n) is 3.67. The minimum atomic E-state index is -0.284. The van der Waals surface area contributed by atoms with Crippen LogP contribution in [-0.2, 0) is 16.0 Å². The molecule has 6 heteroatoms. The number of aromatic nitrogens is 1. The summed E-state index contributed by atoms with van der Waals surface area (Å²) in [5.41, 5.74) is 0.632. The highest BCUT2D eigenvalue weighted by atomic mass is 79.9. The van der Waals surface area contributed by atoms with E-state index in [2.05, 4.69) is 15.9 Å². The first-order valence-electron chi connectivity index (χ1n) is 5.48. The third-order valence-corrected chi connectivity index (χ3v) is 3.31. The average Bonchev–Trinajstić information content (AvgIpc) is 2.37. The summed E-state index contributed by atoms with van der Waals surface area (Å²) in [6.07, 6.45) is 0. The van der Waals surface area contributed by atoms with E-state index >= 15 is 0 Å². The molecular weight excluding hydrogens is 300 g/mol. The van der Waals surface area contributed by atoms with Crippen molar-refractivity contribution in [3.63, 3.8) is 0 Å². The lowest BCUT2D eigenvalue weighted by Crippen LogP contribution is -2.27. The standard InChI is InChI=1S/C12H15BrN2O3/c1-9-11(13)7-10(8-14)12(16)15(9)3-4-18-6-5-17-2/h7H,3-6H2,1-2H3. The molecule has 0 aliphatic rings. The van der Waals surface area contributed by atoms with Crippen LogP contribution in [0.25, 0.3) is 0 Å². The Morgan fingerprint density at radius 3 is 2.78 bits per heavy atom. The summed E-state index contributed by atoms with van der Waals surface area (Å²) in [6, 6.07) is 3.43. The van der Waals surface area contributed by atoms with Crippen LogP contribution < -0.4 is 5.56 Å². The smallest absolute Gasteiger partial charge is 0.268 e. The Labute approximate surface area is 114 Å². The Kier molecular flexibility index (Phi) is 6.05. The first-order valence-corrected chi connectivity index (χ1v) is 6.27. The van der Waals surface area contributed by atoms with E-state index in [-0.39, 0.29) is 11.1 Å². The van der Waals surface area contributed by atoms with Gasteiger partial charge in [-0.25, -0.2) is 0 Å². The van der Waals surface area contributed by atoms with Crippen molar-refractivity contribution in [2.75, 3.05) is 26.9 Å². The van der Waals surface area contributed by atoms with Gasteiger partial charge in [-0.1, -0.05) is 0 Å². The van der Waals surface area contributed by atoms with Gasteiger partial charge in [0.15, 0.2) is 0 Å². The highest BCUT2D eigenvalue weighted by molar-refractivity contribution is 9.10. The molecule has 0 saturated heterocycles. The van der Waals surface area contributed by atoms with Gasteiger partial charge < -0.3 is 14.0 Å². The molecule has 0 aliphatic heterocycles. The van der Waals surface area contributed by atoms with Crippen LogP contribution >= 0.6 is 15.9 Å². The van der Waals surface area contributed by atoms with Crippen LogP contribution in [0, 0.1) is 18.3 Å². The Bertz CT molecular complexity index is 505. The molecule has 5 nitrogen and oxygen atoms in total. The van der Waals surface area contributed by atoms with Crippen LogP contribution in [0.3, 0.4) is 0 Å². The molecule has 0 atom stereocenters. The number of nitrogens with zero attached hydrogens (tertiary/aromatic N) is 2. The lowest BCUT2D eigenvalue weighted by Gasteiger charge is -2.12. The molecule has 1 aromatic heterocycles. The van der Waals surface area contributed by atoms with Crippen LogP contribution in [-0.4, -0.2) is 31.5 Å². The number of hydrogen-bond acceptors (Lipinski definition) is 4. The van der Waals surface area contributed by atoms with E-state index in [1.54, 1.807) is 13.2 Å². The molecule has 0 saturated carbocycles. The minimum Gasteiger partial charge on any atom is -0.382 e. The second-order valence-corrected chi connectivity index (χ2v) is 4.52. The number of rotatable bonds is 6. The zero-order valence-electron chi connectivity index (χ0n) is 10.4. The van der Waals surface area contributed by atoms with E-state index in [0.29, 0.717) is 26.4 Å². The van der Waals surface area contributed by atoms with Gasteiger partial charge in [0.25, 0.3) is 5.56 Å². The maximum atomic E-state index is 11.9. The molecule has 0 unspecified atom stereocenters. The van der Waals surface area contributed by atoms with Crippen molar-refractivity contribution in [2.45, 2.75) is 13.5 Å². The maximum Gasteiger partial charge on any atom is 0.268 e. The molecule has 0 N–H and O–H groups in total. The number of ether oxygens (including phenoxy) is 2. The van der Waals surface area contributed by atoms with Crippen LogP contribution in [0.2, 0.25) is 0 Å². The van der Waals surface area contributed by atoms with Crippen molar-refractivity contribution in [2.24, 2.45) is 0 Å². The van der Waals surface area contributed by atoms with E-state index < -0.39 is 0 Å². The molecule has 98 valence electrons. The molecular formula is C12H15BrN2O3. The zero-order chi connectivity index (χ0) is 13.5.